The van der Waals surface area contributed by atoms with E-state index in [0.29, 0.717) is 5.39 Å². The maximum atomic E-state index is 12.9. The largest absolute Gasteiger partial charge is 0.396 e. The van der Waals surface area contributed by atoms with E-state index in [9.17, 15) is 4.39 Å². The molecule has 62 valence electrons. The van der Waals surface area contributed by atoms with Crippen LogP contribution in [0.4, 0.5) is 10.1 Å². The summed E-state index contributed by atoms with van der Waals surface area (Å²) < 4.78 is 14.6. The summed E-state index contributed by atoms with van der Waals surface area (Å²) in [6, 6.07) is 3.01. The van der Waals surface area contributed by atoms with Gasteiger partial charge < -0.3 is 5.73 Å². The van der Waals surface area contributed by atoms with Crippen LogP contribution in [0, 0.1) is 5.82 Å². The number of anilines is 1. The Balaban J connectivity index is 2.93. The van der Waals surface area contributed by atoms with Crippen LogP contribution in [0.25, 0.3) is 10.9 Å². The summed E-state index contributed by atoms with van der Waals surface area (Å²) in [5.74, 6) is -0.393. The Hall–Kier alpha value is -1.58. The highest BCUT2D eigenvalue weighted by molar-refractivity contribution is 5.90. The molecule has 1 aromatic carbocycles. The molecule has 3 nitrogen and oxygen atoms in total. The van der Waals surface area contributed by atoms with E-state index in [1.165, 1.54) is 6.07 Å². The first-order valence-electron chi connectivity index (χ1n) is 3.56. The van der Waals surface area contributed by atoms with Gasteiger partial charge in [-0.1, -0.05) is 0 Å². The molecule has 0 atom stereocenters. The van der Waals surface area contributed by atoms with Crippen LogP contribution in [0.2, 0.25) is 0 Å². The van der Waals surface area contributed by atoms with Crippen molar-refractivity contribution in [1.82, 2.24) is 9.78 Å². The van der Waals surface area contributed by atoms with Gasteiger partial charge in [-0.25, -0.2) is 4.39 Å². The summed E-state index contributed by atoms with van der Waals surface area (Å²) in [6.45, 7) is 0. The van der Waals surface area contributed by atoms with Crippen molar-refractivity contribution in [2.45, 2.75) is 0 Å². The van der Waals surface area contributed by atoms with Gasteiger partial charge in [0, 0.05) is 12.4 Å². The van der Waals surface area contributed by atoms with Crippen molar-refractivity contribution in [1.29, 1.82) is 0 Å². The fourth-order valence-electron chi connectivity index (χ4n) is 1.22. The monoisotopic (exact) mass is 165 g/mol. The van der Waals surface area contributed by atoms with Crippen molar-refractivity contribution >= 4 is 16.6 Å². The Morgan fingerprint density at radius 1 is 1.50 bits per heavy atom. The first kappa shape index (κ1) is 7.09. The second-order valence-electron chi connectivity index (χ2n) is 2.66. The fraction of sp³-hybridized carbons (Fsp3) is 0.125. The van der Waals surface area contributed by atoms with Crippen LogP contribution in [0.3, 0.4) is 0 Å². The minimum absolute atomic E-state index is 0.167. The van der Waals surface area contributed by atoms with Crippen molar-refractivity contribution in [2.24, 2.45) is 7.05 Å². The maximum Gasteiger partial charge on any atom is 0.146 e. The summed E-state index contributed by atoms with van der Waals surface area (Å²) in [4.78, 5) is 0. The molecule has 2 rings (SSSR count). The van der Waals surface area contributed by atoms with Crippen molar-refractivity contribution in [3.8, 4) is 0 Å². The number of benzene rings is 1. The highest BCUT2D eigenvalue weighted by Gasteiger charge is 2.06. The smallest absolute Gasteiger partial charge is 0.146 e. The van der Waals surface area contributed by atoms with Gasteiger partial charge >= 0.3 is 0 Å². The minimum atomic E-state index is -0.393. The highest BCUT2D eigenvalue weighted by Crippen LogP contribution is 2.22. The molecule has 2 aromatic rings. The third-order valence-electron chi connectivity index (χ3n) is 1.92. The summed E-state index contributed by atoms with van der Waals surface area (Å²) in [5, 5.41) is 4.63. The Kier molecular flexibility index (Phi) is 1.30. The van der Waals surface area contributed by atoms with E-state index in [1.54, 1.807) is 24.0 Å². The first-order valence-corrected chi connectivity index (χ1v) is 3.56. The van der Waals surface area contributed by atoms with Crippen molar-refractivity contribution in [2.75, 3.05) is 5.73 Å². The van der Waals surface area contributed by atoms with Crippen LogP contribution < -0.4 is 5.73 Å². The molecule has 0 unspecified atom stereocenters. The lowest BCUT2D eigenvalue weighted by molar-refractivity contribution is 0.634. The number of aryl methyl sites for hydroxylation is 1. The maximum absolute atomic E-state index is 12.9. The lowest BCUT2D eigenvalue weighted by atomic mass is 10.2. The zero-order chi connectivity index (χ0) is 8.72. The minimum Gasteiger partial charge on any atom is -0.396 e. The molecular weight excluding hydrogens is 157 g/mol. The molecule has 0 saturated carbocycles. The average molecular weight is 165 g/mol. The van der Waals surface area contributed by atoms with Gasteiger partial charge in [0.2, 0.25) is 0 Å². The standard InChI is InChI=1S/C8H8FN3/c1-12-7-3-2-6(9)8(10)5(7)4-11-12/h2-4H,10H2,1H3. The second-order valence-corrected chi connectivity index (χ2v) is 2.66. The van der Waals surface area contributed by atoms with Gasteiger partial charge in [-0.05, 0) is 12.1 Å². The van der Waals surface area contributed by atoms with Crippen molar-refractivity contribution in [3.63, 3.8) is 0 Å². The van der Waals surface area contributed by atoms with E-state index < -0.39 is 5.82 Å². The SMILES string of the molecule is Cn1ncc2c(N)c(F)ccc21. The van der Waals surface area contributed by atoms with E-state index in [4.69, 9.17) is 5.73 Å². The molecule has 0 bridgehead atoms. The second kappa shape index (κ2) is 2.20. The van der Waals surface area contributed by atoms with Crippen LogP contribution in [0.1, 0.15) is 0 Å². The predicted octanol–water partition coefficient (Wildman–Crippen LogP) is 1.29. The molecule has 1 aromatic heterocycles. The molecule has 0 amide bonds. The Labute approximate surface area is 68.6 Å². The normalized spacial score (nSPS) is 10.8. The van der Waals surface area contributed by atoms with Gasteiger partial charge in [0.1, 0.15) is 5.82 Å². The number of aromatic nitrogens is 2. The topological polar surface area (TPSA) is 43.8 Å². The molecule has 0 aliphatic heterocycles. The first-order chi connectivity index (χ1) is 5.70. The summed E-state index contributed by atoms with van der Waals surface area (Å²) in [5.41, 5.74) is 6.51. The van der Waals surface area contributed by atoms with E-state index in [0.717, 1.165) is 5.52 Å². The quantitative estimate of drug-likeness (QED) is 0.598. The zero-order valence-electron chi connectivity index (χ0n) is 6.58. The number of hydrogen-bond donors (Lipinski definition) is 1. The van der Waals surface area contributed by atoms with Gasteiger partial charge in [0.25, 0.3) is 0 Å². The lowest BCUT2D eigenvalue weighted by Crippen LogP contribution is -1.92. The number of hydrogen-bond acceptors (Lipinski definition) is 2. The van der Waals surface area contributed by atoms with Gasteiger partial charge in [-0.15, -0.1) is 0 Å². The average Bonchev–Trinajstić information content (AvgIpc) is 2.41. The third kappa shape index (κ3) is 0.777. The van der Waals surface area contributed by atoms with Gasteiger partial charge in [0.15, 0.2) is 0 Å². The van der Waals surface area contributed by atoms with E-state index in [-0.39, 0.29) is 5.69 Å². The number of nitrogens with two attached hydrogens (primary N) is 1. The molecule has 0 aliphatic rings. The van der Waals surface area contributed by atoms with Gasteiger partial charge in [0.05, 0.1) is 17.4 Å². The summed E-state index contributed by atoms with van der Waals surface area (Å²) in [6.07, 6.45) is 1.56. The van der Waals surface area contributed by atoms with Crippen LogP contribution in [0.5, 0.6) is 0 Å². The van der Waals surface area contributed by atoms with Gasteiger partial charge in [-0.2, -0.15) is 5.10 Å². The number of fused-ring (bicyclic) bond motifs is 1. The number of nitrogens with zero attached hydrogens (tertiary/aromatic N) is 2. The number of halogens is 1. The Morgan fingerprint density at radius 3 is 3.00 bits per heavy atom. The molecule has 0 spiro atoms. The van der Waals surface area contributed by atoms with Crippen LogP contribution >= 0.6 is 0 Å². The molecule has 4 heteroatoms. The molecule has 0 saturated heterocycles. The summed E-state index contributed by atoms with van der Waals surface area (Å²) >= 11 is 0. The molecule has 1 heterocycles. The van der Waals surface area contributed by atoms with Crippen LogP contribution in [0.15, 0.2) is 18.3 Å². The van der Waals surface area contributed by atoms with Crippen LogP contribution in [-0.4, -0.2) is 9.78 Å². The fourth-order valence-corrected chi connectivity index (χ4v) is 1.22. The molecule has 2 N–H and O–H groups in total. The Bertz CT molecular complexity index is 433. The molecule has 0 aliphatic carbocycles. The lowest BCUT2D eigenvalue weighted by Gasteiger charge is -1.97. The highest BCUT2D eigenvalue weighted by atomic mass is 19.1. The number of rotatable bonds is 0. The molecule has 12 heavy (non-hydrogen) atoms. The van der Waals surface area contributed by atoms with Crippen LogP contribution in [-0.2, 0) is 7.05 Å². The molecular formula is C8H8FN3. The van der Waals surface area contributed by atoms with E-state index in [1.807, 2.05) is 0 Å². The van der Waals surface area contributed by atoms with E-state index >= 15 is 0 Å². The molecule has 0 radical (unpaired) electrons. The van der Waals surface area contributed by atoms with Crippen molar-refractivity contribution in [3.05, 3.63) is 24.1 Å². The van der Waals surface area contributed by atoms with Crippen molar-refractivity contribution < 1.29 is 4.39 Å². The number of nitrogen functional groups attached to an aromatic ring is 1. The Morgan fingerprint density at radius 2 is 2.25 bits per heavy atom. The molecule has 0 fully saturated rings. The zero-order valence-corrected chi connectivity index (χ0v) is 6.58. The van der Waals surface area contributed by atoms with E-state index in [2.05, 4.69) is 5.10 Å². The summed E-state index contributed by atoms with van der Waals surface area (Å²) in [7, 11) is 1.79. The van der Waals surface area contributed by atoms with Gasteiger partial charge in [-0.3, -0.25) is 4.68 Å². The predicted molar refractivity (Wildman–Crippen MR) is 45.1 cm³/mol. The third-order valence-corrected chi connectivity index (χ3v) is 1.92.